The second-order valence-corrected chi connectivity index (χ2v) is 4.84. The van der Waals surface area contributed by atoms with E-state index in [0.29, 0.717) is 11.0 Å². The maximum Gasteiger partial charge on any atom is 0.176 e. The standard InChI is InChI=1S/C14H9F3OS/c15-9-2-1-3-11(6-9)19-8-14(18)12-5-4-10(16)7-13(12)17/h1-7H,8H2. The van der Waals surface area contributed by atoms with Crippen LogP contribution >= 0.6 is 11.8 Å². The predicted octanol–water partition coefficient (Wildman–Crippen LogP) is 4.08. The van der Waals surface area contributed by atoms with Gasteiger partial charge in [0.1, 0.15) is 17.5 Å². The first-order chi connectivity index (χ1) is 9.06. The summed E-state index contributed by atoms with van der Waals surface area (Å²) in [5, 5.41) is 0. The average Bonchev–Trinajstić information content (AvgIpc) is 2.36. The van der Waals surface area contributed by atoms with Crippen LogP contribution < -0.4 is 0 Å². The van der Waals surface area contributed by atoms with Crippen molar-refractivity contribution in [3.8, 4) is 0 Å². The molecule has 2 aromatic rings. The first kappa shape index (κ1) is 13.7. The third kappa shape index (κ3) is 3.61. The van der Waals surface area contributed by atoms with Crippen molar-refractivity contribution < 1.29 is 18.0 Å². The minimum atomic E-state index is -0.884. The van der Waals surface area contributed by atoms with E-state index in [2.05, 4.69) is 0 Å². The number of halogens is 3. The highest BCUT2D eigenvalue weighted by Crippen LogP contribution is 2.21. The molecule has 0 spiro atoms. The zero-order chi connectivity index (χ0) is 13.8. The smallest absolute Gasteiger partial charge is 0.176 e. The maximum atomic E-state index is 13.4. The fraction of sp³-hybridized carbons (Fsp3) is 0.0714. The van der Waals surface area contributed by atoms with Gasteiger partial charge in [-0.15, -0.1) is 11.8 Å². The van der Waals surface area contributed by atoms with Crippen LogP contribution in [0, 0.1) is 17.5 Å². The number of hydrogen-bond acceptors (Lipinski definition) is 2. The van der Waals surface area contributed by atoms with Crippen molar-refractivity contribution in [2.24, 2.45) is 0 Å². The van der Waals surface area contributed by atoms with E-state index in [1.807, 2.05) is 0 Å². The molecule has 0 aliphatic rings. The number of rotatable bonds is 4. The Morgan fingerprint density at radius 1 is 1.00 bits per heavy atom. The van der Waals surface area contributed by atoms with Crippen LogP contribution in [0.15, 0.2) is 47.4 Å². The summed E-state index contributed by atoms with van der Waals surface area (Å²) in [7, 11) is 0. The molecule has 0 N–H and O–H groups in total. The molecule has 0 aromatic heterocycles. The molecule has 0 radical (unpaired) electrons. The summed E-state index contributed by atoms with van der Waals surface area (Å²) in [5.41, 5.74) is -0.162. The molecule has 0 aliphatic heterocycles. The molecule has 0 amide bonds. The van der Waals surface area contributed by atoms with E-state index in [-0.39, 0.29) is 11.3 Å². The van der Waals surface area contributed by atoms with Crippen LogP contribution in [0.4, 0.5) is 13.2 Å². The number of carbonyl (C=O) groups excluding carboxylic acids is 1. The molecule has 0 aliphatic carbocycles. The van der Waals surface area contributed by atoms with E-state index in [0.717, 1.165) is 23.9 Å². The first-order valence-electron chi connectivity index (χ1n) is 5.43. The molecular formula is C14H9F3OS. The molecule has 0 saturated carbocycles. The molecule has 98 valence electrons. The summed E-state index contributed by atoms with van der Waals surface area (Å²) >= 11 is 1.10. The Hall–Kier alpha value is -1.75. The number of Topliss-reactive ketones (excluding diaryl/α,β-unsaturated/α-hetero) is 1. The van der Waals surface area contributed by atoms with Crippen molar-refractivity contribution in [2.75, 3.05) is 5.75 Å². The summed E-state index contributed by atoms with van der Waals surface area (Å²) in [4.78, 5) is 12.3. The Bertz CT molecular complexity index is 613. The molecule has 5 heteroatoms. The van der Waals surface area contributed by atoms with E-state index in [9.17, 15) is 18.0 Å². The highest BCUT2D eigenvalue weighted by Gasteiger charge is 2.12. The Balaban J connectivity index is 2.05. The lowest BCUT2D eigenvalue weighted by molar-refractivity contribution is 0.101. The van der Waals surface area contributed by atoms with Gasteiger partial charge in [-0.2, -0.15) is 0 Å². The molecule has 0 fully saturated rings. The molecule has 0 unspecified atom stereocenters. The molecule has 1 nitrogen and oxygen atoms in total. The van der Waals surface area contributed by atoms with Crippen molar-refractivity contribution in [2.45, 2.75) is 4.90 Å². The van der Waals surface area contributed by atoms with Crippen LogP contribution in [0.1, 0.15) is 10.4 Å². The average molecular weight is 282 g/mol. The van der Waals surface area contributed by atoms with Crippen molar-refractivity contribution in [3.05, 3.63) is 65.5 Å². The third-order valence-corrected chi connectivity index (χ3v) is 3.39. The van der Waals surface area contributed by atoms with Gasteiger partial charge in [0.05, 0.1) is 11.3 Å². The second kappa shape index (κ2) is 5.93. The second-order valence-electron chi connectivity index (χ2n) is 3.79. The molecular weight excluding hydrogens is 273 g/mol. The molecule has 19 heavy (non-hydrogen) atoms. The lowest BCUT2D eigenvalue weighted by atomic mass is 10.1. The lowest BCUT2D eigenvalue weighted by Crippen LogP contribution is -2.05. The van der Waals surface area contributed by atoms with Crippen LogP contribution in [0.25, 0.3) is 0 Å². The van der Waals surface area contributed by atoms with Crippen molar-refractivity contribution in [1.29, 1.82) is 0 Å². The third-order valence-electron chi connectivity index (χ3n) is 2.40. The Kier molecular flexibility index (Phi) is 4.27. The Morgan fingerprint density at radius 3 is 2.42 bits per heavy atom. The van der Waals surface area contributed by atoms with Gasteiger partial charge < -0.3 is 0 Å². The zero-order valence-electron chi connectivity index (χ0n) is 9.70. The quantitative estimate of drug-likeness (QED) is 0.621. The summed E-state index contributed by atoms with van der Waals surface area (Å²) in [5.74, 6) is -2.51. The van der Waals surface area contributed by atoms with Crippen LogP contribution in [-0.2, 0) is 0 Å². The van der Waals surface area contributed by atoms with Crippen LogP contribution in [0.5, 0.6) is 0 Å². The van der Waals surface area contributed by atoms with Crippen LogP contribution in [-0.4, -0.2) is 11.5 Å². The zero-order valence-corrected chi connectivity index (χ0v) is 10.5. The summed E-state index contributed by atoms with van der Waals surface area (Å²) in [6.07, 6.45) is 0. The number of benzene rings is 2. The van der Waals surface area contributed by atoms with Crippen LogP contribution in [0.3, 0.4) is 0 Å². The number of thioether (sulfide) groups is 1. The minimum absolute atomic E-state index is 0.0357. The Labute approximate surface area is 112 Å². The molecule has 2 rings (SSSR count). The van der Waals surface area contributed by atoms with Gasteiger partial charge in [-0.25, -0.2) is 13.2 Å². The van der Waals surface area contributed by atoms with Crippen molar-refractivity contribution in [1.82, 2.24) is 0 Å². The fourth-order valence-electron chi connectivity index (χ4n) is 1.50. The molecule has 0 atom stereocenters. The summed E-state index contributed by atoms with van der Waals surface area (Å²) in [6.45, 7) is 0. The maximum absolute atomic E-state index is 13.4. The van der Waals surface area contributed by atoms with Gasteiger partial charge in [0.25, 0.3) is 0 Å². The molecule has 2 aromatic carbocycles. The van der Waals surface area contributed by atoms with Gasteiger partial charge in [0.2, 0.25) is 0 Å². The number of carbonyl (C=O) groups is 1. The summed E-state index contributed by atoms with van der Waals surface area (Å²) < 4.78 is 39.0. The Morgan fingerprint density at radius 2 is 1.74 bits per heavy atom. The number of hydrogen-bond donors (Lipinski definition) is 0. The SMILES string of the molecule is O=C(CSc1cccc(F)c1)c1ccc(F)cc1F. The van der Waals surface area contributed by atoms with Crippen LogP contribution in [0.2, 0.25) is 0 Å². The van der Waals surface area contributed by atoms with Gasteiger partial charge in [0.15, 0.2) is 5.78 Å². The molecule has 0 heterocycles. The minimum Gasteiger partial charge on any atom is -0.293 e. The lowest BCUT2D eigenvalue weighted by Gasteiger charge is -2.03. The van der Waals surface area contributed by atoms with E-state index < -0.39 is 23.2 Å². The summed E-state index contributed by atoms with van der Waals surface area (Å²) in [6, 6.07) is 8.58. The van der Waals surface area contributed by atoms with Crippen molar-refractivity contribution in [3.63, 3.8) is 0 Å². The van der Waals surface area contributed by atoms with Gasteiger partial charge in [0, 0.05) is 11.0 Å². The monoisotopic (exact) mass is 282 g/mol. The van der Waals surface area contributed by atoms with E-state index in [1.54, 1.807) is 6.07 Å². The first-order valence-corrected chi connectivity index (χ1v) is 6.41. The topological polar surface area (TPSA) is 17.1 Å². The van der Waals surface area contributed by atoms with Gasteiger partial charge in [-0.05, 0) is 30.3 Å². The number of ketones is 1. The highest BCUT2D eigenvalue weighted by atomic mass is 32.2. The normalized spacial score (nSPS) is 10.5. The fourth-order valence-corrected chi connectivity index (χ4v) is 2.32. The highest BCUT2D eigenvalue weighted by molar-refractivity contribution is 8.00. The van der Waals surface area contributed by atoms with Gasteiger partial charge in [-0.3, -0.25) is 4.79 Å². The predicted molar refractivity (Wildman–Crippen MR) is 67.8 cm³/mol. The van der Waals surface area contributed by atoms with Gasteiger partial charge in [-0.1, -0.05) is 6.07 Å². The van der Waals surface area contributed by atoms with E-state index >= 15 is 0 Å². The van der Waals surface area contributed by atoms with E-state index in [1.165, 1.54) is 18.2 Å². The van der Waals surface area contributed by atoms with Crippen molar-refractivity contribution >= 4 is 17.5 Å². The largest absolute Gasteiger partial charge is 0.293 e. The van der Waals surface area contributed by atoms with E-state index in [4.69, 9.17) is 0 Å². The van der Waals surface area contributed by atoms with Gasteiger partial charge >= 0.3 is 0 Å². The molecule has 0 bridgehead atoms. The molecule has 0 saturated heterocycles.